The van der Waals surface area contributed by atoms with E-state index in [1.807, 2.05) is 59.7 Å². The summed E-state index contributed by atoms with van der Waals surface area (Å²) in [5.41, 5.74) is 5.52. The smallest absolute Gasteiger partial charge is 0.336 e. The molecule has 9 nitrogen and oxygen atoms in total. The highest BCUT2D eigenvalue weighted by atomic mass is 16.3. The molecule has 3 aromatic carbocycles. The first-order chi connectivity index (χ1) is 30.9. The number of unbranched alkanes of at least 4 members (excludes halogenated alkanes) is 9. The summed E-state index contributed by atoms with van der Waals surface area (Å²) >= 11 is 0. The first-order valence-electron chi connectivity index (χ1n) is 25.3. The molecular weight excluding hydrogens is 823 g/mol. The van der Waals surface area contributed by atoms with E-state index in [0.29, 0.717) is 33.4 Å². The van der Waals surface area contributed by atoms with Gasteiger partial charge >= 0.3 is 17.1 Å². The molecular formula is C57H87N3O6. The summed E-state index contributed by atoms with van der Waals surface area (Å²) in [7, 11) is 0. The lowest BCUT2D eigenvalue weighted by molar-refractivity contribution is 0.402. The van der Waals surface area contributed by atoms with E-state index in [4.69, 9.17) is 0 Å². The van der Waals surface area contributed by atoms with Gasteiger partial charge in [0.25, 0.3) is 0 Å². The molecule has 3 N–H and O–H groups in total. The van der Waals surface area contributed by atoms with E-state index in [9.17, 15) is 29.7 Å². The van der Waals surface area contributed by atoms with Crippen molar-refractivity contribution in [1.29, 1.82) is 0 Å². The zero-order valence-corrected chi connectivity index (χ0v) is 43.9. The van der Waals surface area contributed by atoms with Crippen molar-refractivity contribution >= 4 is 0 Å². The highest BCUT2D eigenvalue weighted by Crippen LogP contribution is 2.42. The van der Waals surface area contributed by atoms with Crippen molar-refractivity contribution in [2.24, 2.45) is 0 Å². The van der Waals surface area contributed by atoms with Crippen LogP contribution in [0.4, 0.5) is 0 Å². The van der Waals surface area contributed by atoms with Gasteiger partial charge in [-0.15, -0.1) is 0 Å². The van der Waals surface area contributed by atoms with E-state index in [1.165, 1.54) is 19.3 Å². The normalized spacial score (nSPS) is 12.4. The average Bonchev–Trinajstić information content (AvgIpc) is 3.25. The molecule has 0 aliphatic rings. The minimum absolute atomic E-state index is 0.156. The number of phenols is 3. The maximum atomic E-state index is 14.9. The number of hydrogen-bond donors (Lipinski definition) is 3. The van der Waals surface area contributed by atoms with Crippen molar-refractivity contribution in [1.82, 2.24) is 13.7 Å². The molecule has 0 aliphatic heterocycles. The van der Waals surface area contributed by atoms with Crippen LogP contribution >= 0.6 is 0 Å². The van der Waals surface area contributed by atoms with Gasteiger partial charge in [0, 0.05) is 16.7 Å². The van der Waals surface area contributed by atoms with Gasteiger partial charge in [-0.05, 0) is 127 Å². The summed E-state index contributed by atoms with van der Waals surface area (Å²) in [6, 6.07) is 5.96. The molecule has 4 aromatic rings. The minimum Gasteiger partial charge on any atom is -0.507 e. The van der Waals surface area contributed by atoms with Gasteiger partial charge in [0.1, 0.15) is 17.2 Å². The lowest BCUT2D eigenvalue weighted by Gasteiger charge is -2.29. The van der Waals surface area contributed by atoms with Gasteiger partial charge < -0.3 is 15.3 Å². The Kier molecular flexibility index (Phi) is 18.4. The molecule has 0 bridgehead atoms. The van der Waals surface area contributed by atoms with E-state index in [1.54, 1.807) is 0 Å². The van der Waals surface area contributed by atoms with Crippen molar-refractivity contribution in [3.63, 3.8) is 0 Å². The van der Waals surface area contributed by atoms with Crippen LogP contribution in [0.25, 0.3) is 0 Å². The van der Waals surface area contributed by atoms with Gasteiger partial charge in [-0.1, -0.05) is 158 Å². The lowest BCUT2D eigenvalue weighted by Crippen LogP contribution is -2.55. The van der Waals surface area contributed by atoms with Crippen LogP contribution in [-0.2, 0) is 35.9 Å². The largest absolute Gasteiger partial charge is 0.507 e. The van der Waals surface area contributed by atoms with Crippen LogP contribution in [0.3, 0.4) is 0 Å². The van der Waals surface area contributed by atoms with Crippen molar-refractivity contribution in [3.05, 3.63) is 116 Å². The summed E-state index contributed by atoms with van der Waals surface area (Å²) in [6.45, 7) is 30.3. The monoisotopic (exact) mass is 910 g/mol. The molecule has 0 saturated carbocycles. The third-order valence-electron chi connectivity index (χ3n) is 15.2. The molecule has 4 rings (SSSR count). The SMILES string of the molecule is CCCCCCC(C)(C)c1cc(C)c(Cn2c(=O)n(Cc3c(C)cc(C(C)(C)CCCCCC)c(O)c3C)c(=O)n(Cc3c(C)cc(C(C)(C)CCCCCC)c(O)c3C)c2=O)c(C)c1O. The molecule has 66 heavy (non-hydrogen) atoms. The van der Waals surface area contributed by atoms with Gasteiger partial charge in [-0.25, -0.2) is 28.1 Å². The maximum Gasteiger partial charge on any atom is 0.336 e. The summed E-state index contributed by atoms with van der Waals surface area (Å²) < 4.78 is 3.34. The van der Waals surface area contributed by atoms with Gasteiger partial charge in [-0.3, -0.25) is 0 Å². The van der Waals surface area contributed by atoms with E-state index >= 15 is 0 Å². The van der Waals surface area contributed by atoms with Crippen molar-refractivity contribution in [2.45, 2.75) is 236 Å². The molecule has 366 valence electrons. The van der Waals surface area contributed by atoms with Crippen LogP contribution in [-0.4, -0.2) is 29.0 Å². The fraction of sp³-hybridized carbons (Fsp3) is 0.632. The predicted octanol–water partition coefficient (Wildman–Crippen LogP) is 13.0. The molecule has 0 saturated heterocycles. The number of rotatable bonds is 24. The zero-order valence-electron chi connectivity index (χ0n) is 43.9. The predicted molar refractivity (Wildman–Crippen MR) is 275 cm³/mol. The maximum absolute atomic E-state index is 14.9. The summed E-state index contributed by atoms with van der Waals surface area (Å²) in [6.07, 6.45) is 16.2. The van der Waals surface area contributed by atoms with Crippen LogP contribution in [0, 0.1) is 41.5 Å². The molecule has 0 fully saturated rings. The Bertz CT molecular complexity index is 2210. The average molecular weight is 910 g/mol. The fourth-order valence-electron chi connectivity index (χ4n) is 10.3. The Hall–Kier alpha value is -4.53. The number of benzene rings is 3. The molecule has 0 radical (unpaired) electrons. The quantitative estimate of drug-likeness (QED) is 0.0601. The Morgan fingerprint density at radius 3 is 0.833 bits per heavy atom. The van der Waals surface area contributed by atoms with Gasteiger partial charge in [0.2, 0.25) is 0 Å². The first-order valence-corrected chi connectivity index (χ1v) is 25.3. The Labute approximate surface area is 397 Å². The number of phenolic OH excluding ortho intramolecular Hbond substituents is 3. The second-order valence-electron chi connectivity index (χ2n) is 21.8. The minimum atomic E-state index is -0.769. The summed E-state index contributed by atoms with van der Waals surface area (Å²) in [5, 5.41) is 35.4. The molecule has 0 spiro atoms. The molecule has 1 aromatic heterocycles. The number of aryl methyl sites for hydroxylation is 3. The molecule has 1 heterocycles. The summed E-state index contributed by atoms with van der Waals surface area (Å²) in [5.74, 6) is 0.467. The second-order valence-corrected chi connectivity index (χ2v) is 21.8. The van der Waals surface area contributed by atoms with Crippen molar-refractivity contribution in [2.75, 3.05) is 0 Å². The van der Waals surface area contributed by atoms with Gasteiger partial charge in [0.15, 0.2) is 0 Å². The Morgan fingerprint density at radius 1 is 0.394 bits per heavy atom. The van der Waals surface area contributed by atoms with Gasteiger partial charge in [0.05, 0.1) is 19.6 Å². The van der Waals surface area contributed by atoms with Crippen LogP contribution in [0.2, 0.25) is 0 Å². The van der Waals surface area contributed by atoms with Crippen LogP contribution in [0.5, 0.6) is 17.2 Å². The Morgan fingerprint density at radius 2 is 0.621 bits per heavy atom. The van der Waals surface area contributed by atoms with Crippen LogP contribution in [0.1, 0.15) is 225 Å². The molecule has 9 heteroatoms. The number of nitrogens with zero attached hydrogens (tertiary/aromatic N) is 3. The summed E-state index contributed by atoms with van der Waals surface area (Å²) in [4.78, 5) is 44.6. The number of hydrogen-bond acceptors (Lipinski definition) is 6. The topological polar surface area (TPSA) is 127 Å². The van der Waals surface area contributed by atoms with E-state index < -0.39 is 17.1 Å². The van der Waals surface area contributed by atoms with E-state index in [2.05, 4.69) is 62.3 Å². The molecule has 0 unspecified atom stereocenters. The standard InChI is InChI=1S/C57H87N3O6/c1-16-19-22-25-28-55(10,11)46-31-37(4)43(40(7)49(46)61)34-58-52(64)59(35-44-38(5)32-47(50(62)41(44)8)56(12,13)29-26-23-20-17-2)54(66)60(53(58)65)36-45-39(6)33-48(51(63)42(45)9)57(14,15)30-27-24-21-18-3/h31-33,61-63H,16-30,34-36H2,1-15H3. The van der Waals surface area contributed by atoms with Crippen LogP contribution in [0.15, 0.2) is 32.6 Å². The fourth-order valence-corrected chi connectivity index (χ4v) is 10.3. The number of aromatic nitrogens is 3. The van der Waals surface area contributed by atoms with Crippen molar-refractivity contribution in [3.8, 4) is 17.2 Å². The highest BCUT2D eigenvalue weighted by Gasteiger charge is 2.31. The lowest BCUT2D eigenvalue weighted by atomic mass is 9.77. The van der Waals surface area contributed by atoms with Crippen molar-refractivity contribution < 1.29 is 15.3 Å². The third kappa shape index (κ3) is 11.9. The van der Waals surface area contributed by atoms with Crippen LogP contribution < -0.4 is 17.1 Å². The highest BCUT2D eigenvalue weighted by molar-refractivity contribution is 5.54. The molecule has 0 atom stereocenters. The molecule has 0 aliphatic carbocycles. The van der Waals surface area contributed by atoms with Gasteiger partial charge in [-0.2, -0.15) is 0 Å². The zero-order chi connectivity index (χ0) is 49.5. The number of aromatic hydroxyl groups is 3. The van der Waals surface area contributed by atoms with E-state index in [-0.39, 0.29) is 53.1 Å². The first kappa shape index (κ1) is 54.1. The third-order valence-corrected chi connectivity index (χ3v) is 15.2. The molecule has 0 amide bonds. The Balaban J connectivity index is 1.94. The second kappa shape index (κ2) is 22.5. The van der Waals surface area contributed by atoms with E-state index in [0.717, 1.165) is 124 Å².